The van der Waals surface area contributed by atoms with Gasteiger partial charge in [-0.1, -0.05) is 0 Å². The maximum Gasteiger partial charge on any atom is 0.337 e. The van der Waals surface area contributed by atoms with Crippen molar-refractivity contribution in [2.45, 2.75) is 0 Å². The van der Waals surface area contributed by atoms with Crippen LogP contribution in [0.3, 0.4) is 0 Å². The minimum atomic E-state index is -1.17. The largest absolute Gasteiger partial charge is 0.478 e. The Kier molecular flexibility index (Phi) is 4.14. The van der Waals surface area contributed by atoms with Crippen molar-refractivity contribution in [3.8, 4) is 0 Å². The van der Waals surface area contributed by atoms with E-state index in [1.54, 1.807) is 0 Å². The van der Waals surface area contributed by atoms with Crippen molar-refractivity contribution in [3.63, 3.8) is 0 Å². The molecule has 1 aromatic rings. The fourth-order valence-corrected chi connectivity index (χ4v) is 0.891. The van der Waals surface area contributed by atoms with Gasteiger partial charge in [-0.25, -0.2) is 9.59 Å². The van der Waals surface area contributed by atoms with Gasteiger partial charge in [0.2, 0.25) is 0 Å². The predicted molar refractivity (Wildman–Crippen MR) is 44.8 cm³/mol. The molecule has 0 saturated heterocycles. The van der Waals surface area contributed by atoms with Crippen LogP contribution in [-0.4, -0.2) is 22.2 Å². The second kappa shape index (κ2) is 4.64. The van der Waals surface area contributed by atoms with Gasteiger partial charge < -0.3 is 15.9 Å². The molecular weight excluding hydrogens is 230 g/mol. The van der Waals surface area contributed by atoms with Crippen molar-refractivity contribution in [2.75, 3.05) is 5.73 Å². The maximum absolute atomic E-state index is 10.5. The number of rotatable bonds is 2. The molecule has 0 heterocycles. The van der Waals surface area contributed by atoms with Gasteiger partial charge in [0.1, 0.15) is 0 Å². The SMILES string of the molecule is Nc1cc(C(=O)O)ccc1C(=O)O.[Fe]. The topological polar surface area (TPSA) is 101 Å². The summed E-state index contributed by atoms with van der Waals surface area (Å²) in [4.78, 5) is 20.9. The van der Waals surface area contributed by atoms with Crippen LogP contribution in [0.1, 0.15) is 20.7 Å². The summed E-state index contributed by atoms with van der Waals surface area (Å²) >= 11 is 0. The molecule has 76 valence electrons. The summed E-state index contributed by atoms with van der Waals surface area (Å²) in [5.74, 6) is -2.31. The van der Waals surface area contributed by atoms with Gasteiger partial charge in [0.15, 0.2) is 0 Å². The fourth-order valence-electron chi connectivity index (χ4n) is 0.891. The number of hydrogen-bond donors (Lipinski definition) is 3. The molecule has 5 nitrogen and oxygen atoms in total. The van der Waals surface area contributed by atoms with Crippen molar-refractivity contribution in [1.82, 2.24) is 0 Å². The van der Waals surface area contributed by atoms with Crippen LogP contribution in [0.4, 0.5) is 5.69 Å². The summed E-state index contributed by atoms with van der Waals surface area (Å²) in [5.41, 5.74) is 5.15. The van der Waals surface area contributed by atoms with Crippen molar-refractivity contribution in [2.24, 2.45) is 0 Å². The van der Waals surface area contributed by atoms with Crippen molar-refractivity contribution in [3.05, 3.63) is 29.3 Å². The average Bonchev–Trinajstić information content (AvgIpc) is 2.03. The number of aromatic carboxylic acids is 2. The smallest absolute Gasteiger partial charge is 0.337 e. The van der Waals surface area contributed by atoms with E-state index in [2.05, 4.69) is 0 Å². The first kappa shape index (κ1) is 12.5. The second-order valence-electron chi connectivity index (χ2n) is 2.41. The van der Waals surface area contributed by atoms with Crippen molar-refractivity contribution in [1.29, 1.82) is 0 Å². The fraction of sp³-hybridized carbons (Fsp3) is 0. The maximum atomic E-state index is 10.5. The van der Waals surface area contributed by atoms with E-state index in [1.807, 2.05) is 0 Å². The van der Waals surface area contributed by atoms with Gasteiger partial charge in [-0.3, -0.25) is 0 Å². The summed E-state index contributed by atoms with van der Waals surface area (Å²) in [5, 5.41) is 17.1. The molecule has 0 radical (unpaired) electrons. The van der Waals surface area contributed by atoms with Crippen molar-refractivity contribution >= 4 is 17.6 Å². The molecule has 14 heavy (non-hydrogen) atoms. The monoisotopic (exact) mass is 237 g/mol. The molecular formula is C8H7FeNO4. The van der Waals surface area contributed by atoms with E-state index in [0.717, 1.165) is 6.07 Å². The molecule has 4 N–H and O–H groups in total. The first-order valence-corrected chi connectivity index (χ1v) is 3.38. The Balaban J connectivity index is 0.00000169. The number of carboxylic acid groups (broad SMARTS) is 2. The molecule has 1 rings (SSSR count). The van der Waals surface area contributed by atoms with Crippen LogP contribution in [0.2, 0.25) is 0 Å². The number of carbonyl (C=O) groups is 2. The van der Waals surface area contributed by atoms with E-state index >= 15 is 0 Å². The molecule has 0 saturated carbocycles. The quantitative estimate of drug-likeness (QED) is 0.518. The van der Waals surface area contributed by atoms with Crippen LogP contribution in [0, 0.1) is 0 Å². The summed E-state index contributed by atoms with van der Waals surface area (Å²) in [6.45, 7) is 0. The van der Waals surface area contributed by atoms with Crippen LogP contribution < -0.4 is 5.73 Å². The Morgan fingerprint density at radius 1 is 1.14 bits per heavy atom. The zero-order valence-corrected chi connectivity index (χ0v) is 7.98. The van der Waals surface area contributed by atoms with Gasteiger partial charge in [0, 0.05) is 22.8 Å². The van der Waals surface area contributed by atoms with E-state index in [0.29, 0.717) is 0 Å². The molecule has 0 aliphatic carbocycles. The van der Waals surface area contributed by atoms with Gasteiger partial charge in [-0.2, -0.15) is 0 Å². The molecule has 0 atom stereocenters. The minimum Gasteiger partial charge on any atom is -0.478 e. The van der Waals surface area contributed by atoms with Crippen LogP contribution >= 0.6 is 0 Å². The molecule has 1 aromatic carbocycles. The predicted octanol–water partition coefficient (Wildman–Crippen LogP) is 0.663. The van der Waals surface area contributed by atoms with Crippen LogP contribution in [0.15, 0.2) is 18.2 Å². The van der Waals surface area contributed by atoms with Crippen molar-refractivity contribution < 1.29 is 36.9 Å². The molecule has 0 aromatic heterocycles. The Bertz CT molecular complexity index is 378. The first-order valence-electron chi connectivity index (χ1n) is 3.38. The zero-order valence-electron chi connectivity index (χ0n) is 6.87. The van der Waals surface area contributed by atoms with Gasteiger partial charge in [-0.15, -0.1) is 0 Å². The minimum absolute atomic E-state index is 0. The molecule has 6 heteroatoms. The summed E-state index contributed by atoms with van der Waals surface area (Å²) in [6.07, 6.45) is 0. The number of carboxylic acids is 2. The summed E-state index contributed by atoms with van der Waals surface area (Å²) in [7, 11) is 0. The van der Waals surface area contributed by atoms with Crippen LogP contribution in [0.5, 0.6) is 0 Å². The molecule has 0 aliphatic heterocycles. The van der Waals surface area contributed by atoms with Crippen LogP contribution in [-0.2, 0) is 17.1 Å². The average molecular weight is 237 g/mol. The molecule has 0 spiro atoms. The Labute approximate surface area is 90.0 Å². The number of anilines is 1. The number of nitrogens with two attached hydrogens (primary N) is 1. The van der Waals surface area contributed by atoms with E-state index in [-0.39, 0.29) is 33.9 Å². The third-order valence-corrected chi connectivity index (χ3v) is 1.53. The van der Waals surface area contributed by atoms with E-state index in [1.165, 1.54) is 12.1 Å². The van der Waals surface area contributed by atoms with Gasteiger partial charge in [0.05, 0.1) is 11.1 Å². The normalized spacial score (nSPS) is 8.86. The van der Waals surface area contributed by atoms with E-state index in [4.69, 9.17) is 15.9 Å². The van der Waals surface area contributed by atoms with E-state index in [9.17, 15) is 9.59 Å². The Morgan fingerprint density at radius 2 is 1.71 bits per heavy atom. The third kappa shape index (κ3) is 2.48. The van der Waals surface area contributed by atoms with Gasteiger partial charge >= 0.3 is 11.9 Å². The molecule has 0 unspecified atom stereocenters. The molecule has 0 aliphatic rings. The standard InChI is InChI=1S/C8H7NO4.Fe/c9-6-3-4(7(10)11)1-2-5(6)8(12)13;/h1-3H,9H2,(H,10,11)(H,12,13);. The first-order chi connectivity index (χ1) is 6.02. The molecule has 0 amide bonds. The molecule has 0 fully saturated rings. The van der Waals surface area contributed by atoms with Gasteiger partial charge in [-0.05, 0) is 18.2 Å². The molecule has 0 bridgehead atoms. The Hall–Kier alpha value is -1.52. The number of nitrogen functional groups attached to an aromatic ring is 1. The second-order valence-corrected chi connectivity index (χ2v) is 2.41. The van der Waals surface area contributed by atoms with Gasteiger partial charge in [0.25, 0.3) is 0 Å². The number of benzene rings is 1. The zero-order chi connectivity index (χ0) is 10.0. The summed E-state index contributed by atoms with van der Waals surface area (Å²) < 4.78 is 0. The third-order valence-electron chi connectivity index (χ3n) is 1.53. The van der Waals surface area contributed by atoms with E-state index < -0.39 is 11.9 Å². The number of hydrogen-bond acceptors (Lipinski definition) is 3. The summed E-state index contributed by atoms with van der Waals surface area (Å²) in [6, 6.07) is 3.48. The Morgan fingerprint density at radius 3 is 2.07 bits per heavy atom. The van der Waals surface area contributed by atoms with Crippen LogP contribution in [0.25, 0.3) is 0 Å².